The second-order valence-electron chi connectivity index (χ2n) is 4.32. The van der Waals surface area contributed by atoms with Crippen LogP contribution in [0.5, 0.6) is 0 Å². The summed E-state index contributed by atoms with van der Waals surface area (Å²) in [5.41, 5.74) is 1.31. The monoisotopic (exact) mass is 225 g/mol. The third kappa shape index (κ3) is 3.06. The van der Waals surface area contributed by atoms with Crippen LogP contribution in [0.1, 0.15) is 30.0 Å². The van der Waals surface area contributed by atoms with Crippen LogP contribution in [0.2, 0.25) is 0 Å². The van der Waals surface area contributed by atoms with Gasteiger partial charge in [-0.2, -0.15) is 5.10 Å². The second kappa shape index (κ2) is 5.12. The van der Waals surface area contributed by atoms with Gasteiger partial charge >= 0.3 is 0 Å². The van der Waals surface area contributed by atoms with Gasteiger partial charge in [0.1, 0.15) is 5.69 Å². The van der Waals surface area contributed by atoms with Crippen molar-refractivity contribution in [2.24, 2.45) is 13.0 Å². The zero-order chi connectivity index (χ0) is 12.3. The van der Waals surface area contributed by atoms with Crippen LogP contribution >= 0.6 is 0 Å². The number of aromatic nitrogens is 2. The van der Waals surface area contributed by atoms with Crippen LogP contribution in [0, 0.1) is 12.8 Å². The molecule has 1 heterocycles. The van der Waals surface area contributed by atoms with Crippen LogP contribution in [-0.4, -0.2) is 33.4 Å². The number of amides is 1. The first-order chi connectivity index (χ1) is 7.41. The van der Waals surface area contributed by atoms with Crippen molar-refractivity contribution in [2.75, 3.05) is 6.54 Å². The van der Waals surface area contributed by atoms with Gasteiger partial charge in [-0.3, -0.25) is 9.48 Å². The summed E-state index contributed by atoms with van der Waals surface area (Å²) in [4.78, 5) is 11.6. The molecule has 0 aliphatic carbocycles. The van der Waals surface area contributed by atoms with Gasteiger partial charge in [-0.15, -0.1) is 0 Å². The van der Waals surface area contributed by atoms with Crippen molar-refractivity contribution in [2.45, 2.75) is 26.9 Å². The largest absolute Gasteiger partial charge is 0.391 e. The van der Waals surface area contributed by atoms with E-state index < -0.39 is 6.10 Å². The number of nitrogens with one attached hydrogen (secondary N) is 1. The molecule has 0 aliphatic heterocycles. The van der Waals surface area contributed by atoms with Crippen LogP contribution in [-0.2, 0) is 7.05 Å². The quantitative estimate of drug-likeness (QED) is 0.783. The Balaban J connectivity index is 2.53. The molecule has 2 N–H and O–H groups in total. The van der Waals surface area contributed by atoms with Gasteiger partial charge in [0, 0.05) is 19.3 Å². The predicted molar refractivity (Wildman–Crippen MR) is 61.1 cm³/mol. The average molecular weight is 225 g/mol. The standard InChI is InChI=1S/C11H19N3O2/c1-7(2)10(15)6-12-11(16)9-5-8(3)14(4)13-9/h5,7,10,15H,6H2,1-4H3,(H,12,16). The van der Waals surface area contributed by atoms with E-state index >= 15 is 0 Å². The molecule has 0 radical (unpaired) electrons. The average Bonchev–Trinajstić information content (AvgIpc) is 2.55. The van der Waals surface area contributed by atoms with Crippen molar-refractivity contribution in [3.05, 3.63) is 17.5 Å². The molecule has 0 saturated carbocycles. The highest BCUT2D eigenvalue weighted by atomic mass is 16.3. The van der Waals surface area contributed by atoms with Crippen molar-refractivity contribution in [3.8, 4) is 0 Å². The molecule has 1 aromatic heterocycles. The number of nitrogens with zero attached hydrogens (tertiary/aromatic N) is 2. The summed E-state index contributed by atoms with van der Waals surface area (Å²) >= 11 is 0. The zero-order valence-electron chi connectivity index (χ0n) is 10.2. The Morgan fingerprint density at radius 1 is 1.62 bits per heavy atom. The molecule has 0 aromatic carbocycles. The molecule has 16 heavy (non-hydrogen) atoms. The highest BCUT2D eigenvalue weighted by Crippen LogP contribution is 2.02. The number of carbonyl (C=O) groups excluding carboxylic acids is 1. The fraction of sp³-hybridized carbons (Fsp3) is 0.636. The molecule has 1 aromatic rings. The predicted octanol–water partition coefficient (Wildman–Crippen LogP) is 0.475. The van der Waals surface area contributed by atoms with E-state index in [1.165, 1.54) is 0 Å². The van der Waals surface area contributed by atoms with Gasteiger partial charge in [-0.05, 0) is 18.9 Å². The number of aliphatic hydroxyl groups is 1. The summed E-state index contributed by atoms with van der Waals surface area (Å²) in [6.45, 7) is 5.95. The van der Waals surface area contributed by atoms with Gasteiger partial charge in [0.25, 0.3) is 5.91 Å². The Labute approximate surface area is 95.5 Å². The van der Waals surface area contributed by atoms with E-state index in [4.69, 9.17) is 0 Å². The van der Waals surface area contributed by atoms with Gasteiger partial charge in [-0.1, -0.05) is 13.8 Å². The first-order valence-electron chi connectivity index (χ1n) is 5.38. The molecule has 1 unspecified atom stereocenters. The maximum atomic E-state index is 11.6. The third-order valence-electron chi connectivity index (χ3n) is 2.59. The van der Waals surface area contributed by atoms with E-state index in [9.17, 15) is 9.90 Å². The molecule has 90 valence electrons. The molecule has 1 rings (SSSR count). The maximum absolute atomic E-state index is 11.6. The smallest absolute Gasteiger partial charge is 0.271 e. The lowest BCUT2D eigenvalue weighted by Crippen LogP contribution is -2.34. The van der Waals surface area contributed by atoms with Gasteiger partial charge in [0.2, 0.25) is 0 Å². The summed E-state index contributed by atoms with van der Waals surface area (Å²) in [6.07, 6.45) is -0.520. The lowest BCUT2D eigenvalue weighted by Gasteiger charge is -2.14. The van der Waals surface area contributed by atoms with Crippen molar-refractivity contribution in [3.63, 3.8) is 0 Å². The van der Waals surface area contributed by atoms with E-state index in [2.05, 4.69) is 10.4 Å². The molecule has 0 aliphatic rings. The number of hydrogen-bond acceptors (Lipinski definition) is 3. The number of carbonyl (C=O) groups is 1. The SMILES string of the molecule is Cc1cc(C(=O)NCC(O)C(C)C)nn1C. The molecule has 0 bridgehead atoms. The van der Waals surface area contributed by atoms with Crippen molar-refractivity contribution < 1.29 is 9.90 Å². The van der Waals surface area contributed by atoms with Crippen molar-refractivity contribution in [1.82, 2.24) is 15.1 Å². The minimum atomic E-state index is -0.520. The number of aryl methyl sites for hydroxylation is 2. The molecule has 0 spiro atoms. The van der Waals surface area contributed by atoms with Crippen LogP contribution in [0.25, 0.3) is 0 Å². The zero-order valence-corrected chi connectivity index (χ0v) is 10.2. The Hall–Kier alpha value is -1.36. The lowest BCUT2D eigenvalue weighted by atomic mass is 10.1. The van der Waals surface area contributed by atoms with E-state index in [1.54, 1.807) is 17.8 Å². The first-order valence-corrected chi connectivity index (χ1v) is 5.38. The Morgan fingerprint density at radius 2 is 2.25 bits per heavy atom. The summed E-state index contributed by atoms with van der Waals surface area (Å²) in [5.74, 6) is -0.117. The maximum Gasteiger partial charge on any atom is 0.271 e. The molecule has 5 nitrogen and oxygen atoms in total. The van der Waals surface area contributed by atoms with E-state index in [0.717, 1.165) is 5.69 Å². The van der Waals surface area contributed by atoms with Gasteiger partial charge in [0.15, 0.2) is 0 Å². The van der Waals surface area contributed by atoms with E-state index in [0.29, 0.717) is 5.69 Å². The number of rotatable bonds is 4. The fourth-order valence-corrected chi connectivity index (χ4v) is 1.20. The highest BCUT2D eigenvalue weighted by molar-refractivity contribution is 5.92. The fourth-order valence-electron chi connectivity index (χ4n) is 1.20. The van der Waals surface area contributed by atoms with Crippen LogP contribution in [0.15, 0.2) is 6.07 Å². The normalized spacial score (nSPS) is 12.9. The number of hydrogen-bond donors (Lipinski definition) is 2. The third-order valence-corrected chi connectivity index (χ3v) is 2.59. The molecule has 0 saturated heterocycles. The first kappa shape index (κ1) is 12.7. The van der Waals surface area contributed by atoms with Crippen LogP contribution < -0.4 is 5.32 Å². The number of aliphatic hydroxyl groups excluding tert-OH is 1. The molecule has 1 amide bonds. The summed E-state index contributed by atoms with van der Waals surface area (Å²) in [5, 5.41) is 16.3. The van der Waals surface area contributed by atoms with Crippen molar-refractivity contribution in [1.29, 1.82) is 0 Å². The summed E-state index contributed by atoms with van der Waals surface area (Å²) < 4.78 is 1.65. The molecule has 0 fully saturated rings. The Kier molecular flexibility index (Phi) is 4.06. The topological polar surface area (TPSA) is 67.2 Å². The van der Waals surface area contributed by atoms with E-state index in [1.807, 2.05) is 20.8 Å². The Morgan fingerprint density at radius 3 is 2.69 bits per heavy atom. The van der Waals surface area contributed by atoms with Gasteiger partial charge in [0.05, 0.1) is 6.10 Å². The minimum Gasteiger partial charge on any atom is -0.391 e. The van der Waals surface area contributed by atoms with Gasteiger partial charge < -0.3 is 10.4 Å². The minimum absolute atomic E-state index is 0.130. The summed E-state index contributed by atoms with van der Waals surface area (Å²) in [6, 6.07) is 1.72. The molecule has 1 atom stereocenters. The van der Waals surface area contributed by atoms with Crippen LogP contribution in [0.3, 0.4) is 0 Å². The van der Waals surface area contributed by atoms with Gasteiger partial charge in [-0.25, -0.2) is 0 Å². The molecular weight excluding hydrogens is 206 g/mol. The van der Waals surface area contributed by atoms with E-state index in [-0.39, 0.29) is 18.4 Å². The highest BCUT2D eigenvalue weighted by Gasteiger charge is 2.14. The summed E-state index contributed by atoms with van der Waals surface area (Å²) in [7, 11) is 1.79. The molecular formula is C11H19N3O2. The molecule has 5 heteroatoms. The Bertz CT molecular complexity index is 352. The van der Waals surface area contributed by atoms with Crippen molar-refractivity contribution >= 4 is 5.91 Å². The second-order valence-corrected chi connectivity index (χ2v) is 4.32. The lowest BCUT2D eigenvalue weighted by molar-refractivity contribution is 0.0866. The van der Waals surface area contributed by atoms with Crippen LogP contribution in [0.4, 0.5) is 0 Å².